The monoisotopic (exact) mass is 595 g/mol. The van der Waals surface area contributed by atoms with Crippen molar-refractivity contribution in [2.45, 2.75) is 70.3 Å². The van der Waals surface area contributed by atoms with E-state index in [0.29, 0.717) is 12.2 Å². The lowest BCUT2D eigenvalue weighted by Crippen LogP contribution is -2.48. The maximum absolute atomic E-state index is 12.9. The van der Waals surface area contributed by atoms with Gasteiger partial charge in [-0.3, -0.25) is 19.1 Å². The number of aliphatic hydroxyl groups excluding tert-OH is 1. The van der Waals surface area contributed by atoms with Gasteiger partial charge in [-0.25, -0.2) is 9.88 Å². The molecular formula is C26H34N3O9PS. The summed E-state index contributed by atoms with van der Waals surface area (Å²) in [5, 5.41) is 25.0. The van der Waals surface area contributed by atoms with E-state index in [9.17, 15) is 24.6 Å². The van der Waals surface area contributed by atoms with Crippen molar-refractivity contribution in [3.63, 3.8) is 0 Å². The van der Waals surface area contributed by atoms with Crippen LogP contribution in [0.1, 0.15) is 40.3 Å². The Hall–Kier alpha value is -2.82. The number of esters is 1. The van der Waals surface area contributed by atoms with E-state index >= 15 is 0 Å². The molecule has 0 amide bonds. The van der Waals surface area contributed by atoms with Crippen LogP contribution in [0, 0.1) is 18.3 Å². The Bertz CT molecular complexity index is 1370. The van der Waals surface area contributed by atoms with E-state index < -0.39 is 60.5 Å². The van der Waals surface area contributed by atoms with Gasteiger partial charge in [0, 0.05) is 12.3 Å². The lowest BCUT2D eigenvalue weighted by Gasteiger charge is -2.30. The number of hydrogen-bond acceptors (Lipinski definition) is 10. The number of aromatic amines is 1. The van der Waals surface area contributed by atoms with E-state index in [2.05, 4.69) is 11.0 Å². The number of para-hydroxylation sites is 1. The van der Waals surface area contributed by atoms with Gasteiger partial charge in [-0.15, -0.1) is 6.42 Å². The molecule has 218 valence electrons. The summed E-state index contributed by atoms with van der Waals surface area (Å²) in [6.07, 6.45) is 2.06. The van der Waals surface area contributed by atoms with E-state index in [0.717, 1.165) is 16.8 Å². The Morgan fingerprint density at radius 3 is 2.52 bits per heavy atom. The maximum Gasteiger partial charge on any atom is 0.330 e. The second kappa shape index (κ2) is 13.2. The average molecular weight is 596 g/mol. The topological polar surface area (TPSA) is 161 Å². The first-order valence-corrected chi connectivity index (χ1v) is 15.2. The van der Waals surface area contributed by atoms with Crippen LogP contribution in [0.15, 0.2) is 52.2 Å². The molecule has 2 aromatic rings. The van der Waals surface area contributed by atoms with Gasteiger partial charge in [-0.05, 0) is 50.1 Å². The number of benzene rings is 1. The van der Waals surface area contributed by atoms with Crippen molar-refractivity contribution in [2.75, 3.05) is 6.61 Å². The zero-order valence-electron chi connectivity index (χ0n) is 22.6. The van der Waals surface area contributed by atoms with Gasteiger partial charge in [0.2, 0.25) is 0 Å². The van der Waals surface area contributed by atoms with Crippen LogP contribution >= 0.6 is 6.64 Å². The highest BCUT2D eigenvalue weighted by Gasteiger charge is 2.56. The highest BCUT2D eigenvalue weighted by molar-refractivity contribution is 8.09. The van der Waals surface area contributed by atoms with Gasteiger partial charge >= 0.3 is 18.3 Å². The van der Waals surface area contributed by atoms with Gasteiger partial charge in [-0.2, -0.15) is 0 Å². The number of aliphatic hydroxyl groups is 2. The predicted molar refractivity (Wildman–Crippen MR) is 150 cm³/mol. The van der Waals surface area contributed by atoms with Crippen molar-refractivity contribution in [1.82, 2.24) is 14.6 Å². The Kier molecular flexibility index (Phi) is 10.5. The number of carbonyl (C=O) groups is 1. The summed E-state index contributed by atoms with van der Waals surface area (Å²) in [5.74, 6) is 2.00. The molecule has 40 heavy (non-hydrogen) atoms. The SMILES string of the molecule is C#C[C@@]1(O)[C@H](O)[C@@H](COP(=S)(NC(CC(C)C)C(=O)OC(C)C)Oc2ccccc2)O[C@H]1n1ccc(=O)[nH]c1=O. The minimum absolute atomic E-state index is 0.0828. The first kappa shape index (κ1) is 31.7. The first-order chi connectivity index (χ1) is 18.8. The van der Waals surface area contributed by atoms with Crippen LogP contribution in [-0.2, 0) is 30.6 Å². The van der Waals surface area contributed by atoms with Gasteiger partial charge in [0.25, 0.3) is 5.56 Å². The summed E-state index contributed by atoms with van der Waals surface area (Å²) in [6, 6.07) is 8.74. The Labute approximate surface area is 236 Å². The number of hydrogen-bond donors (Lipinski definition) is 4. The molecule has 4 N–H and O–H groups in total. The van der Waals surface area contributed by atoms with Gasteiger partial charge in [0.15, 0.2) is 11.8 Å². The third-order valence-electron chi connectivity index (χ3n) is 5.85. The molecule has 1 fully saturated rings. The fourth-order valence-corrected chi connectivity index (χ4v) is 6.35. The molecule has 1 saturated heterocycles. The van der Waals surface area contributed by atoms with Crippen molar-refractivity contribution in [1.29, 1.82) is 0 Å². The van der Waals surface area contributed by atoms with Gasteiger partial charge in [0.1, 0.15) is 24.0 Å². The van der Waals surface area contributed by atoms with Crippen LogP contribution in [-0.4, -0.2) is 62.3 Å². The molecule has 14 heteroatoms. The minimum Gasteiger partial charge on any atom is -0.462 e. The van der Waals surface area contributed by atoms with E-state index in [1.54, 1.807) is 44.2 Å². The molecule has 0 bridgehead atoms. The third-order valence-corrected chi connectivity index (χ3v) is 8.28. The molecule has 1 aromatic carbocycles. The summed E-state index contributed by atoms with van der Waals surface area (Å²) in [6.45, 7) is 3.34. The highest BCUT2D eigenvalue weighted by atomic mass is 32.5. The van der Waals surface area contributed by atoms with Crippen LogP contribution in [0.2, 0.25) is 0 Å². The Morgan fingerprint density at radius 2 is 1.95 bits per heavy atom. The summed E-state index contributed by atoms with van der Waals surface area (Å²) in [4.78, 5) is 38.8. The third kappa shape index (κ3) is 7.67. The molecule has 2 unspecified atom stereocenters. The number of nitrogens with zero attached hydrogens (tertiary/aromatic N) is 1. The summed E-state index contributed by atoms with van der Waals surface area (Å²) >= 11 is 5.78. The molecule has 12 nitrogen and oxygen atoms in total. The fraction of sp³-hybridized carbons (Fsp3) is 0.500. The number of terminal acetylenes is 1. The molecular weight excluding hydrogens is 561 g/mol. The summed E-state index contributed by atoms with van der Waals surface area (Å²) in [5.41, 5.74) is -3.92. The van der Waals surface area contributed by atoms with Gasteiger partial charge in [-0.1, -0.05) is 38.0 Å². The van der Waals surface area contributed by atoms with Crippen molar-refractivity contribution in [3.05, 3.63) is 63.4 Å². The molecule has 6 atom stereocenters. The number of rotatable bonds is 12. The average Bonchev–Trinajstić information content (AvgIpc) is 3.12. The second-order valence-corrected chi connectivity index (χ2v) is 13.1. The van der Waals surface area contributed by atoms with Crippen molar-refractivity contribution < 1.29 is 33.5 Å². The molecule has 1 aliphatic rings. The molecule has 0 aliphatic carbocycles. The number of ether oxygens (including phenoxy) is 2. The fourth-order valence-electron chi connectivity index (χ4n) is 4.01. The van der Waals surface area contributed by atoms with E-state index in [4.69, 9.17) is 36.8 Å². The number of nitrogens with one attached hydrogen (secondary N) is 2. The first-order valence-electron chi connectivity index (χ1n) is 12.6. The van der Waals surface area contributed by atoms with E-state index in [1.165, 1.54) is 0 Å². The summed E-state index contributed by atoms with van der Waals surface area (Å²) < 4.78 is 24.1. The van der Waals surface area contributed by atoms with Crippen LogP contribution in [0.4, 0.5) is 0 Å². The van der Waals surface area contributed by atoms with Crippen LogP contribution in [0.25, 0.3) is 0 Å². The van der Waals surface area contributed by atoms with E-state index in [1.807, 2.05) is 18.8 Å². The lowest BCUT2D eigenvalue weighted by atomic mass is 9.95. The predicted octanol–water partition coefficient (Wildman–Crippen LogP) is 1.44. The van der Waals surface area contributed by atoms with Crippen LogP contribution in [0.5, 0.6) is 5.75 Å². The Morgan fingerprint density at radius 1 is 1.27 bits per heavy atom. The Balaban J connectivity index is 1.89. The maximum atomic E-state index is 12.9. The van der Waals surface area contributed by atoms with Gasteiger partial charge in [0.05, 0.1) is 12.7 Å². The lowest BCUT2D eigenvalue weighted by molar-refractivity contribution is -0.150. The quantitative estimate of drug-likeness (QED) is 0.160. The largest absolute Gasteiger partial charge is 0.462 e. The zero-order valence-corrected chi connectivity index (χ0v) is 24.3. The standard InChI is InChI=1S/C26H34N3O9PS/c1-6-26(34)22(31)20(37-24(26)29-13-12-21(30)27-25(29)33)15-35-39(40,38-18-10-8-7-9-11-18)28-19(14-16(2)3)23(32)36-17(4)5/h1,7-13,16-17,19-20,22,24,31,34H,14-15H2,2-5H3,(H,28,40)(H,27,30,33)/t19?,20-,22-,24-,26-,39?/m1/s1. The van der Waals surface area contributed by atoms with Crippen LogP contribution < -0.4 is 20.9 Å². The molecule has 1 aliphatic heterocycles. The molecule has 2 heterocycles. The molecule has 1 aromatic heterocycles. The van der Waals surface area contributed by atoms with Crippen molar-refractivity contribution in [3.8, 4) is 18.1 Å². The van der Waals surface area contributed by atoms with Crippen LogP contribution in [0.3, 0.4) is 0 Å². The van der Waals surface area contributed by atoms with Gasteiger partial charge < -0.3 is 28.7 Å². The highest BCUT2D eigenvalue weighted by Crippen LogP contribution is 2.47. The van der Waals surface area contributed by atoms with E-state index in [-0.39, 0.29) is 12.0 Å². The molecule has 0 radical (unpaired) electrons. The zero-order chi connectivity index (χ0) is 29.7. The smallest absolute Gasteiger partial charge is 0.330 e. The number of aromatic nitrogens is 2. The minimum atomic E-state index is -3.55. The molecule has 3 rings (SSSR count). The van der Waals surface area contributed by atoms with Crippen molar-refractivity contribution >= 4 is 24.4 Å². The molecule has 0 saturated carbocycles. The number of H-pyrrole nitrogens is 1. The number of carbonyl (C=O) groups excluding carboxylic acids is 1. The molecule has 0 spiro atoms. The van der Waals surface area contributed by atoms with Crippen molar-refractivity contribution in [2.24, 2.45) is 5.92 Å². The normalized spacial score (nSPS) is 24.8. The second-order valence-electron chi connectivity index (χ2n) is 9.95. The summed E-state index contributed by atoms with van der Waals surface area (Å²) in [7, 11) is 0.